The number of nitrogens with two attached hydrogens (primary N) is 1. The van der Waals surface area contributed by atoms with E-state index in [0.717, 1.165) is 10.6 Å². The SMILES string of the molecule is COc1ccc(-c2ccc3oc(N(Cc4ccc(F)cc4)S(C)(=O)=O)c(C(N)=O)c3c2)cc1-c1nc2c(F)cccc2o1. The van der Waals surface area contributed by atoms with Gasteiger partial charge in [0.2, 0.25) is 21.8 Å². The maximum atomic E-state index is 14.3. The van der Waals surface area contributed by atoms with Gasteiger partial charge in [-0.05, 0) is 65.2 Å². The third-order valence-corrected chi connectivity index (χ3v) is 8.01. The van der Waals surface area contributed by atoms with Crippen LogP contribution in [0.3, 0.4) is 0 Å². The fourth-order valence-corrected chi connectivity index (χ4v) is 5.67. The number of hydrogen-bond acceptors (Lipinski definition) is 7. The summed E-state index contributed by atoms with van der Waals surface area (Å²) in [6.07, 6.45) is 0.969. The molecule has 0 atom stereocenters. The molecular formula is C31H23F2N3O6S. The number of rotatable bonds is 8. The molecule has 0 saturated carbocycles. The lowest BCUT2D eigenvalue weighted by Gasteiger charge is -2.20. The minimum Gasteiger partial charge on any atom is -0.496 e. The molecule has 0 aliphatic heterocycles. The number of para-hydroxylation sites is 1. The molecule has 2 aromatic heterocycles. The third-order valence-electron chi connectivity index (χ3n) is 6.92. The number of sulfonamides is 1. The van der Waals surface area contributed by atoms with Gasteiger partial charge in [-0.25, -0.2) is 26.5 Å². The fraction of sp³-hybridized carbons (Fsp3) is 0.0968. The number of anilines is 1. The summed E-state index contributed by atoms with van der Waals surface area (Å²) in [4.78, 5) is 17.0. The van der Waals surface area contributed by atoms with Gasteiger partial charge in [0.15, 0.2) is 11.4 Å². The summed E-state index contributed by atoms with van der Waals surface area (Å²) < 4.78 is 71.6. The molecule has 0 spiro atoms. The Bertz CT molecular complexity index is 2140. The maximum absolute atomic E-state index is 14.3. The zero-order valence-electron chi connectivity index (χ0n) is 22.8. The van der Waals surface area contributed by atoms with Crippen molar-refractivity contribution >= 4 is 43.9 Å². The number of nitrogens with zero attached hydrogens (tertiary/aromatic N) is 2. The first-order valence-electron chi connectivity index (χ1n) is 12.9. The standard InChI is InChI=1S/C31H23F2N3O6S/c1-40-24-12-8-19(15-22(24)30-35-28-23(33)4-3-5-26(28)41-30)18-9-13-25-21(14-18)27(29(34)37)31(42-25)36(43(2,38)39)16-17-6-10-20(32)11-7-17/h3-15H,16H2,1-2H3,(H2,34,37). The van der Waals surface area contributed by atoms with Crippen LogP contribution in [0.4, 0.5) is 14.7 Å². The Labute approximate surface area is 244 Å². The molecule has 6 aromatic rings. The molecule has 12 heteroatoms. The summed E-state index contributed by atoms with van der Waals surface area (Å²) in [5.41, 5.74) is 8.41. The van der Waals surface area contributed by atoms with Crippen LogP contribution in [-0.2, 0) is 16.6 Å². The van der Waals surface area contributed by atoms with Crippen LogP contribution in [-0.4, -0.2) is 32.7 Å². The van der Waals surface area contributed by atoms with Crippen molar-refractivity contribution in [2.45, 2.75) is 6.54 Å². The van der Waals surface area contributed by atoms with E-state index in [9.17, 15) is 22.0 Å². The average molecular weight is 604 g/mol. The molecule has 218 valence electrons. The summed E-state index contributed by atoms with van der Waals surface area (Å²) >= 11 is 0. The van der Waals surface area contributed by atoms with Gasteiger partial charge in [0.05, 0.1) is 25.5 Å². The minimum absolute atomic E-state index is 0.0828. The first-order chi connectivity index (χ1) is 20.5. The lowest BCUT2D eigenvalue weighted by Crippen LogP contribution is -2.31. The Morgan fingerprint density at radius 1 is 0.953 bits per heavy atom. The molecule has 9 nitrogen and oxygen atoms in total. The minimum atomic E-state index is -3.97. The van der Waals surface area contributed by atoms with Crippen LogP contribution in [0.5, 0.6) is 5.75 Å². The van der Waals surface area contributed by atoms with Gasteiger partial charge in [-0.1, -0.05) is 30.3 Å². The van der Waals surface area contributed by atoms with E-state index in [1.807, 2.05) is 0 Å². The summed E-state index contributed by atoms with van der Waals surface area (Å²) in [6.45, 7) is -0.223. The van der Waals surface area contributed by atoms with Crippen molar-refractivity contribution in [3.05, 3.63) is 102 Å². The van der Waals surface area contributed by atoms with Crippen LogP contribution in [0, 0.1) is 11.6 Å². The fourth-order valence-electron chi connectivity index (χ4n) is 4.86. The lowest BCUT2D eigenvalue weighted by molar-refractivity contribution is 0.100. The molecule has 1 amide bonds. The number of hydrogen-bond donors (Lipinski definition) is 1. The number of halogens is 2. The highest BCUT2D eigenvalue weighted by atomic mass is 32.2. The van der Waals surface area contributed by atoms with E-state index in [4.69, 9.17) is 19.3 Å². The Balaban J connectivity index is 1.47. The van der Waals surface area contributed by atoms with Gasteiger partial charge in [-0.2, -0.15) is 0 Å². The smallest absolute Gasteiger partial charge is 0.254 e. The van der Waals surface area contributed by atoms with Crippen molar-refractivity contribution in [3.8, 4) is 28.3 Å². The van der Waals surface area contributed by atoms with Crippen molar-refractivity contribution in [2.24, 2.45) is 5.73 Å². The number of benzene rings is 4. The predicted octanol–water partition coefficient (Wildman–Crippen LogP) is 6.26. The van der Waals surface area contributed by atoms with E-state index in [1.165, 1.54) is 43.5 Å². The van der Waals surface area contributed by atoms with E-state index in [1.54, 1.807) is 42.5 Å². The second-order valence-electron chi connectivity index (χ2n) is 9.77. The van der Waals surface area contributed by atoms with Crippen molar-refractivity contribution in [3.63, 3.8) is 0 Å². The van der Waals surface area contributed by atoms with Crippen LogP contribution in [0.2, 0.25) is 0 Å². The van der Waals surface area contributed by atoms with Crippen LogP contribution in [0.15, 0.2) is 87.7 Å². The number of oxazole rings is 1. The number of aromatic nitrogens is 1. The summed E-state index contributed by atoms with van der Waals surface area (Å²) in [5.74, 6) is -1.57. The molecule has 0 fully saturated rings. The number of carbonyl (C=O) groups excluding carboxylic acids is 1. The maximum Gasteiger partial charge on any atom is 0.254 e. The Morgan fingerprint density at radius 3 is 2.35 bits per heavy atom. The van der Waals surface area contributed by atoms with Gasteiger partial charge in [-0.3, -0.25) is 4.79 Å². The van der Waals surface area contributed by atoms with Gasteiger partial charge in [0.1, 0.15) is 28.2 Å². The topological polar surface area (TPSA) is 129 Å². The Kier molecular flexibility index (Phi) is 6.85. The number of fused-ring (bicyclic) bond motifs is 2. The number of furan rings is 1. The van der Waals surface area contributed by atoms with E-state index in [0.29, 0.717) is 28.0 Å². The van der Waals surface area contributed by atoms with Crippen molar-refractivity contribution in [1.82, 2.24) is 4.98 Å². The van der Waals surface area contributed by atoms with Gasteiger partial charge >= 0.3 is 0 Å². The zero-order chi connectivity index (χ0) is 30.5. The highest BCUT2D eigenvalue weighted by molar-refractivity contribution is 7.92. The molecule has 0 radical (unpaired) electrons. The van der Waals surface area contributed by atoms with Crippen LogP contribution in [0.1, 0.15) is 15.9 Å². The van der Waals surface area contributed by atoms with Gasteiger partial charge in [0, 0.05) is 5.39 Å². The van der Waals surface area contributed by atoms with E-state index >= 15 is 0 Å². The predicted molar refractivity (Wildman–Crippen MR) is 157 cm³/mol. The molecular weight excluding hydrogens is 580 g/mol. The lowest BCUT2D eigenvalue weighted by atomic mass is 10.00. The molecule has 0 aliphatic carbocycles. The van der Waals surface area contributed by atoms with Crippen molar-refractivity contribution < 1.29 is 35.6 Å². The van der Waals surface area contributed by atoms with Gasteiger partial charge in [-0.15, -0.1) is 0 Å². The number of primary amides is 1. The largest absolute Gasteiger partial charge is 0.496 e. The number of amides is 1. The third kappa shape index (κ3) is 5.17. The highest BCUT2D eigenvalue weighted by Gasteiger charge is 2.29. The molecule has 43 heavy (non-hydrogen) atoms. The monoisotopic (exact) mass is 603 g/mol. The number of methoxy groups -OCH3 is 1. The van der Waals surface area contributed by atoms with E-state index in [2.05, 4.69) is 4.98 Å². The van der Waals surface area contributed by atoms with Gasteiger partial charge in [0.25, 0.3) is 5.91 Å². The first kappa shape index (κ1) is 27.9. The second-order valence-corrected chi connectivity index (χ2v) is 11.7. The van der Waals surface area contributed by atoms with Crippen LogP contribution >= 0.6 is 0 Å². The summed E-state index contributed by atoms with van der Waals surface area (Å²) in [5, 5.41) is 0.286. The van der Waals surface area contributed by atoms with Crippen molar-refractivity contribution in [2.75, 3.05) is 17.7 Å². The number of carbonyl (C=O) groups is 1. The summed E-state index contributed by atoms with van der Waals surface area (Å²) in [7, 11) is -2.48. The average Bonchev–Trinajstić information content (AvgIpc) is 3.58. The molecule has 0 bridgehead atoms. The van der Waals surface area contributed by atoms with Crippen molar-refractivity contribution in [1.29, 1.82) is 0 Å². The van der Waals surface area contributed by atoms with Crippen LogP contribution in [0.25, 0.3) is 44.7 Å². The molecule has 0 aliphatic rings. The number of ether oxygens (including phenoxy) is 1. The zero-order valence-corrected chi connectivity index (χ0v) is 23.6. The summed E-state index contributed by atoms with van der Waals surface area (Å²) in [6, 6.07) is 19.9. The van der Waals surface area contributed by atoms with Gasteiger partial charge < -0.3 is 19.3 Å². The van der Waals surface area contributed by atoms with E-state index in [-0.39, 0.29) is 46.0 Å². The Morgan fingerprint density at radius 2 is 1.67 bits per heavy atom. The molecule has 6 rings (SSSR count). The molecule has 4 aromatic carbocycles. The molecule has 2 N–H and O–H groups in total. The molecule has 0 saturated heterocycles. The quantitative estimate of drug-likeness (QED) is 0.217. The first-order valence-corrected chi connectivity index (χ1v) is 14.7. The Hall–Kier alpha value is -5.23. The highest BCUT2D eigenvalue weighted by Crippen LogP contribution is 2.39. The normalized spacial score (nSPS) is 11.7. The molecule has 0 unspecified atom stereocenters. The molecule has 2 heterocycles. The second kappa shape index (κ2) is 10.6. The van der Waals surface area contributed by atoms with Crippen LogP contribution < -0.4 is 14.8 Å². The van der Waals surface area contributed by atoms with E-state index < -0.39 is 27.6 Å².